The van der Waals surface area contributed by atoms with Gasteiger partial charge in [0.05, 0.1) is 10.6 Å². The van der Waals surface area contributed by atoms with E-state index in [1.165, 1.54) is 0 Å². The Labute approximate surface area is 109 Å². The molecule has 1 atom stereocenters. The second-order valence-electron chi connectivity index (χ2n) is 4.55. The summed E-state index contributed by atoms with van der Waals surface area (Å²) in [5.74, 6) is 0. The molecule has 1 aromatic rings. The maximum absolute atomic E-state index is 6.12. The highest BCUT2D eigenvalue weighted by Gasteiger charge is 2.29. The Kier molecular flexibility index (Phi) is 5.37. The molecule has 0 radical (unpaired) electrons. The summed E-state index contributed by atoms with van der Waals surface area (Å²) in [6.07, 6.45) is 4.27. The smallest absolute Gasteiger partial charge is 0.0781 e. The molecular formula is C13H21ClN2O. The van der Waals surface area contributed by atoms with Crippen LogP contribution in [0.3, 0.4) is 0 Å². The van der Waals surface area contributed by atoms with Crippen LogP contribution in [0.1, 0.15) is 26.3 Å². The lowest BCUT2D eigenvalue weighted by Gasteiger charge is -2.34. The van der Waals surface area contributed by atoms with Crippen LogP contribution in [0.15, 0.2) is 18.5 Å². The molecule has 0 saturated heterocycles. The third-order valence-electron chi connectivity index (χ3n) is 2.98. The second kappa shape index (κ2) is 6.34. The van der Waals surface area contributed by atoms with Crippen LogP contribution in [0, 0.1) is 0 Å². The van der Waals surface area contributed by atoms with Gasteiger partial charge in [0.2, 0.25) is 0 Å². The fourth-order valence-electron chi connectivity index (χ4n) is 1.96. The highest BCUT2D eigenvalue weighted by Crippen LogP contribution is 2.22. The average molecular weight is 257 g/mol. The van der Waals surface area contributed by atoms with Gasteiger partial charge in [-0.25, -0.2) is 0 Å². The van der Waals surface area contributed by atoms with E-state index in [-0.39, 0.29) is 11.6 Å². The van der Waals surface area contributed by atoms with E-state index in [0.29, 0.717) is 11.6 Å². The van der Waals surface area contributed by atoms with Crippen molar-refractivity contribution in [3.05, 3.63) is 29.0 Å². The Bertz CT molecular complexity index is 355. The van der Waals surface area contributed by atoms with Gasteiger partial charge in [-0.2, -0.15) is 0 Å². The maximum Gasteiger partial charge on any atom is 0.0781 e. The normalized spacial score (nSPS) is 13.7. The fourth-order valence-corrected chi connectivity index (χ4v) is 2.15. The number of halogens is 1. The van der Waals surface area contributed by atoms with Crippen molar-refractivity contribution in [3.63, 3.8) is 0 Å². The van der Waals surface area contributed by atoms with Crippen LogP contribution in [0.25, 0.3) is 0 Å². The predicted octanol–water partition coefficient (Wildman–Crippen LogP) is 2.68. The van der Waals surface area contributed by atoms with Crippen molar-refractivity contribution in [2.45, 2.75) is 38.8 Å². The molecule has 0 amide bonds. The quantitative estimate of drug-likeness (QED) is 0.850. The SMILES string of the molecule is CCOC(C)(C)C(Cc1ccncc1Cl)NC. The number of ether oxygens (including phenoxy) is 1. The molecule has 3 nitrogen and oxygen atoms in total. The third-order valence-corrected chi connectivity index (χ3v) is 3.32. The standard InChI is InChI=1S/C13H21ClN2O/c1-5-17-13(2,3)12(15-4)8-10-6-7-16-9-11(10)14/h6-7,9,12,15H,5,8H2,1-4H3. The molecule has 1 unspecified atom stereocenters. The minimum Gasteiger partial charge on any atom is -0.374 e. The van der Waals surface area contributed by atoms with Gasteiger partial charge in [0, 0.05) is 25.0 Å². The highest BCUT2D eigenvalue weighted by molar-refractivity contribution is 6.31. The van der Waals surface area contributed by atoms with Gasteiger partial charge in [0.25, 0.3) is 0 Å². The maximum atomic E-state index is 6.12. The van der Waals surface area contributed by atoms with Crippen LogP contribution in [0.4, 0.5) is 0 Å². The zero-order chi connectivity index (χ0) is 12.9. The van der Waals surface area contributed by atoms with E-state index >= 15 is 0 Å². The summed E-state index contributed by atoms with van der Waals surface area (Å²) in [7, 11) is 1.94. The summed E-state index contributed by atoms with van der Waals surface area (Å²) in [5, 5.41) is 4.01. The largest absolute Gasteiger partial charge is 0.374 e. The van der Waals surface area contributed by atoms with E-state index in [1.807, 2.05) is 20.0 Å². The van der Waals surface area contributed by atoms with Gasteiger partial charge in [-0.15, -0.1) is 0 Å². The fraction of sp³-hybridized carbons (Fsp3) is 0.615. The Morgan fingerprint density at radius 3 is 2.76 bits per heavy atom. The van der Waals surface area contributed by atoms with Crippen molar-refractivity contribution in [1.82, 2.24) is 10.3 Å². The van der Waals surface area contributed by atoms with Crippen LogP contribution in [0.5, 0.6) is 0 Å². The lowest BCUT2D eigenvalue weighted by Crippen LogP contribution is -2.48. The molecule has 0 bridgehead atoms. The number of hydrogen-bond acceptors (Lipinski definition) is 3. The Hall–Kier alpha value is -0.640. The summed E-state index contributed by atoms with van der Waals surface area (Å²) in [6.45, 7) is 6.89. The van der Waals surface area contributed by atoms with E-state index in [2.05, 4.69) is 24.1 Å². The summed E-state index contributed by atoms with van der Waals surface area (Å²) in [5.41, 5.74) is 0.865. The summed E-state index contributed by atoms with van der Waals surface area (Å²) < 4.78 is 5.77. The van der Waals surface area contributed by atoms with E-state index in [4.69, 9.17) is 16.3 Å². The molecule has 0 aliphatic heterocycles. The lowest BCUT2D eigenvalue weighted by atomic mass is 9.92. The Balaban J connectivity index is 2.80. The van der Waals surface area contributed by atoms with Crippen LogP contribution in [-0.4, -0.2) is 30.3 Å². The molecule has 17 heavy (non-hydrogen) atoms. The van der Waals surface area contributed by atoms with Gasteiger partial charge < -0.3 is 10.1 Å². The molecule has 0 aromatic carbocycles. The van der Waals surface area contributed by atoms with Gasteiger partial charge in [-0.05, 0) is 45.9 Å². The topological polar surface area (TPSA) is 34.1 Å². The molecule has 1 rings (SSSR count). The minimum atomic E-state index is -0.226. The predicted molar refractivity (Wildman–Crippen MR) is 71.5 cm³/mol. The second-order valence-corrected chi connectivity index (χ2v) is 4.96. The molecule has 0 aliphatic carbocycles. The molecule has 96 valence electrons. The van der Waals surface area contributed by atoms with Crippen LogP contribution in [-0.2, 0) is 11.2 Å². The molecular weight excluding hydrogens is 236 g/mol. The minimum absolute atomic E-state index is 0.211. The van der Waals surface area contributed by atoms with Gasteiger partial charge in [0.15, 0.2) is 0 Å². The van der Waals surface area contributed by atoms with E-state index in [1.54, 1.807) is 12.4 Å². The van der Waals surface area contributed by atoms with E-state index in [9.17, 15) is 0 Å². The van der Waals surface area contributed by atoms with Crippen LogP contribution < -0.4 is 5.32 Å². The van der Waals surface area contributed by atoms with Gasteiger partial charge >= 0.3 is 0 Å². The van der Waals surface area contributed by atoms with Crippen LogP contribution >= 0.6 is 11.6 Å². The van der Waals surface area contributed by atoms with Gasteiger partial charge in [-0.1, -0.05) is 11.6 Å². The monoisotopic (exact) mass is 256 g/mol. The zero-order valence-electron chi connectivity index (χ0n) is 11.0. The van der Waals surface area contributed by atoms with Crippen molar-refractivity contribution in [1.29, 1.82) is 0 Å². The molecule has 1 N–H and O–H groups in total. The zero-order valence-corrected chi connectivity index (χ0v) is 11.7. The Morgan fingerprint density at radius 2 is 2.24 bits per heavy atom. The lowest BCUT2D eigenvalue weighted by molar-refractivity contribution is -0.0363. The van der Waals surface area contributed by atoms with Crippen LogP contribution in [0.2, 0.25) is 5.02 Å². The highest BCUT2D eigenvalue weighted by atomic mass is 35.5. The van der Waals surface area contributed by atoms with Gasteiger partial charge in [0.1, 0.15) is 0 Å². The third kappa shape index (κ3) is 3.95. The number of nitrogens with one attached hydrogen (secondary N) is 1. The number of hydrogen-bond donors (Lipinski definition) is 1. The van der Waals surface area contributed by atoms with Crippen molar-refractivity contribution >= 4 is 11.6 Å². The van der Waals surface area contributed by atoms with E-state index < -0.39 is 0 Å². The molecule has 0 fully saturated rings. The number of likely N-dealkylation sites (N-methyl/N-ethyl adjacent to an activating group) is 1. The molecule has 1 aromatic heterocycles. The molecule has 0 saturated carbocycles. The average Bonchev–Trinajstić information content (AvgIpc) is 2.27. The summed E-state index contributed by atoms with van der Waals surface area (Å²) in [4.78, 5) is 3.99. The number of pyridine rings is 1. The first-order chi connectivity index (χ1) is 8.01. The van der Waals surface area contributed by atoms with E-state index in [0.717, 1.165) is 12.0 Å². The number of rotatable bonds is 6. The molecule has 1 heterocycles. The van der Waals surface area contributed by atoms with Gasteiger partial charge in [-0.3, -0.25) is 4.98 Å². The van der Waals surface area contributed by atoms with Crippen molar-refractivity contribution in [2.24, 2.45) is 0 Å². The Morgan fingerprint density at radius 1 is 1.53 bits per heavy atom. The van der Waals surface area contributed by atoms with Crippen molar-refractivity contribution in [3.8, 4) is 0 Å². The number of nitrogens with zero attached hydrogens (tertiary/aromatic N) is 1. The first-order valence-electron chi connectivity index (χ1n) is 5.91. The van der Waals surface area contributed by atoms with Crippen molar-refractivity contribution < 1.29 is 4.74 Å². The first-order valence-corrected chi connectivity index (χ1v) is 6.28. The summed E-state index contributed by atoms with van der Waals surface area (Å²) >= 11 is 6.12. The molecule has 0 spiro atoms. The molecule has 0 aliphatic rings. The van der Waals surface area contributed by atoms with Crippen molar-refractivity contribution in [2.75, 3.05) is 13.7 Å². The summed E-state index contributed by atoms with van der Waals surface area (Å²) in [6, 6.07) is 2.16. The molecule has 4 heteroatoms. The number of aromatic nitrogens is 1. The first kappa shape index (κ1) is 14.4.